The summed E-state index contributed by atoms with van der Waals surface area (Å²) in [6.07, 6.45) is 8.15. The van der Waals surface area contributed by atoms with Gasteiger partial charge in [0.05, 0.1) is 18.0 Å². The highest BCUT2D eigenvalue weighted by atomic mass is 32.2. The van der Waals surface area contributed by atoms with Crippen molar-refractivity contribution in [2.24, 2.45) is 4.99 Å². The molecule has 2 aromatic heterocycles. The lowest BCUT2D eigenvalue weighted by Gasteiger charge is -2.15. The van der Waals surface area contributed by atoms with Crippen LogP contribution in [0.3, 0.4) is 0 Å². The van der Waals surface area contributed by atoms with E-state index in [9.17, 15) is 9.59 Å². The van der Waals surface area contributed by atoms with Gasteiger partial charge >= 0.3 is 0 Å². The van der Waals surface area contributed by atoms with Gasteiger partial charge in [-0.1, -0.05) is 30.3 Å². The molecule has 1 aliphatic rings. The molecule has 1 aromatic carbocycles. The van der Waals surface area contributed by atoms with Crippen LogP contribution in [0.1, 0.15) is 11.1 Å². The quantitative estimate of drug-likeness (QED) is 0.605. The minimum absolute atomic E-state index is 0.262. The number of carbonyl (C=O) groups is 2. The van der Waals surface area contributed by atoms with Crippen LogP contribution in [-0.4, -0.2) is 31.8 Å². The van der Waals surface area contributed by atoms with E-state index in [4.69, 9.17) is 0 Å². The second-order valence-electron chi connectivity index (χ2n) is 6.68. The zero-order chi connectivity index (χ0) is 21.5. The summed E-state index contributed by atoms with van der Waals surface area (Å²) >= 11 is 1.19. The third-order valence-electron chi connectivity index (χ3n) is 4.37. The number of thioether (sulfide) groups is 1. The van der Waals surface area contributed by atoms with E-state index in [1.54, 1.807) is 41.8 Å². The third-order valence-corrected chi connectivity index (χ3v) is 5.42. The lowest BCUT2D eigenvalue weighted by molar-refractivity contribution is -0.123. The molecule has 154 valence electrons. The van der Waals surface area contributed by atoms with Gasteiger partial charge in [-0.05, 0) is 47.2 Å². The van der Waals surface area contributed by atoms with Crippen LogP contribution in [0.15, 0.2) is 95.4 Å². The highest BCUT2D eigenvalue weighted by molar-refractivity contribution is 8.18. The molecular weight excluding hydrogens is 410 g/mol. The average molecular weight is 430 g/mol. The molecule has 0 radical (unpaired) electrons. The van der Waals surface area contributed by atoms with Gasteiger partial charge in [-0.3, -0.25) is 29.4 Å². The maximum atomic E-state index is 13.1. The van der Waals surface area contributed by atoms with E-state index >= 15 is 0 Å². The Balaban J connectivity index is 1.56. The molecule has 0 saturated carbocycles. The summed E-state index contributed by atoms with van der Waals surface area (Å²) in [5, 5.41) is 3.31. The Morgan fingerprint density at radius 2 is 1.71 bits per heavy atom. The van der Waals surface area contributed by atoms with Crippen LogP contribution < -0.4 is 5.32 Å². The summed E-state index contributed by atoms with van der Waals surface area (Å²) < 4.78 is 0. The minimum Gasteiger partial charge on any atom is -0.322 e. The highest BCUT2D eigenvalue weighted by Gasteiger charge is 2.34. The predicted molar refractivity (Wildman–Crippen MR) is 121 cm³/mol. The van der Waals surface area contributed by atoms with Crippen LogP contribution in [-0.2, 0) is 22.7 Å². The van der Waals surface area contributed by atoms with Crippen molar-refractivity contribution in [1.29, 1.82) is 0 Å². The third kappa shape index (κ3) is 5.43. The van der Waals surface area contributed by atoms with Crippen molar-refractivity contribution in [3.05, 3.63) is 101 Å². The topological polar surface area (TPSA) is 87.6 Å². The summed E-state index contributed by atoms with van der Waals surface area (Å²) in [6, 6.07) is 16.6. The van der Waals surface area contributed by atoms with Crippen LogP contribution in [0, 0.1) is 0 Å². The van der Waals surface area contributed by atoms with Gasteiger partial charge in [0, 0.05) is 36.6 Å². The number of amidine groups is 1. The van der Waals surface area contributed by atoms with Crippen molar-refractivity contribution in [2.45, 2.75) is 13.1 Å². The van der Waals surface area contributed by atoms with E-state index in [-0.39, 0.29) is 11.8 Å². The number of hydrogen-bond acceptors (Lipinski definition) is 6. The summed E-state index contributed by atoms with van der Waals surface area (Å²) in [6.45, 7) is 0.708. The lowest BCUT2D eigenvalue weighted by atomic mass is 10.2. The fourth-order valence-corrected chi connectivity index (χ4v) is 3.86. The van der Waals surface area contributed by atoms with Gasteiger partial charge in [0.15, 0.2) is 5.17 Å². The number of aliphatic imine (C=N–C) groups is 1. The molecule has 0 unspecified atom stereocenters. The number of anilines is 1. The SMILES string of the molecule is O=C(/C=C1\SC(=NCc2cccnc2)N(Cc2cccnc2)C1=O)Nc1ccccc1. The van der Waals surface area contributed by atoms with Crippen LogP contribution in [0.2, 0.25) is 0 Å². The van der Waals surface area contributed by atoms with Gasteiger partial charge in [0.1, 0.15) is 0 Å². The van der Waals surface area contributed by atoms with Crippen LogP contribution in [0.4, 0.5) is 5.69 Å². The number of benzene rings is 1. The van der Waals surface area contributed by atoms with E-state index in [0.717, 1.165) is 11.1 Å². The second kappa shape index (κ2) is 9.82. The van der Waals surface area contributed by atoms with Crippen molar-refractivity contribution in [2.75, 3.05) is 5.32 Å². The molecule has 3 heterocycles. The molecule has 1 aliphatic heterocycles. The number of aromatic nitrogens is 2. The van der Waals surface area contributed by atoms with Gasteiger partial charge < -0.3 is 5.32 Å². The van der Waals surface area contributed by atoms with Gasteiger partial charge in [-0.15, -0.1) is 0 Å². The number of rotatable bonds is 6. The molecule has 0 spiro atoms. The largest absolute Gasteiger partial charge is 0.322 e. The maximum absolute atomic E-state index is 13.1. The molecule has 8 heteroatoms. The van der Waals surface area contributed by atoms with Gasteiger partial charge in [0.25, 0.3) is 5.91 Å². The lowest BCUT2D eigenvalue weighted by Crippen LogP contribution is -2.29. The summed E-state index contributed by atoms with van der Waals surface area (Å²) in [5.74, 6) is -0.626. The second-order valence-corrected chi connectivity index (χ2v) is 7.69. The van der Waals surface area contributed by atoms with Crippen molar-refractivity contribution < 1.29 is 9.59 Å². The molecular formula is C23H19N5O2S. The van der Waals surface area contributed by atoms with Crippen molar-refractivity contribution in [3.63, 3.8) is 0 Å². The molecule has 7 nitrogen and oxygen atoms in total. The standard InChI is InChI=1S/C23H19N5O2S/c29-21(27-19-8-2-1-3-9-19)12-20-22(30)28(16-18-7-5-11-25-14-18)23(31-20)26-15-17-6-4-10-24-13-17/h1-14H,15-16H2,(H,27,29)/b20-12-,26-23?. The molecule has 0 bridgehead atoms. The summed E-state index contributed by atoms with van der Waals surface area (Å²) in [4.78, 5) is 40.2. The molecule has 0 atom stereocenters. The monoisotopic (exact) mass is 429 g/mol. The van der Waals surface area contributed by atoms with Crippen LogP contribution >= 0.6 is 11.8 Å². The molecule has 3 aromatic rings. The average Bonchev–Trinajstić information content (AvgIpc) is 3.08. The maximum Gasteiger partial charge on any atom is 0.267 e. The highest BCUT2D eigenvalue weighted by Crippen LogP contribution is 2.32. The normalized spacial score (nSPS) is 16.1. The minimum atomic E-state index is -0.364. The number of carbonyl (C=O) groups excluding carboxylic acids is 2. The first kappa shape index (κ1) is 20.5. The van der Waals surface area contributed by atoms with Crippen molar-refractivity contribution in [3.8, 4) is 0 Å². The van der Waals surface area contributed by atoms with E-state index in [2.05, 4.69) is 20.3 Å². The molecule has 0 aliphatic carbocycles. The Kier molecular flexibility index (Phi) is 6.49. The number of amides is 2. The van der Waals surface area contributed by atoms with E-state index in [1.165, 1.54) is 17.8 Å². The zero-order valence-electron chi connectivity index (χ0n) is 16.5. The molecule has 1 N–H and O–H groups in total. The van der Waals surface area contributed by atoms with Crippen molar-refractivity contribution >= 4 is 34.4 Å². The number of para-hydroxylation sites is 1. The van der Waals surface area contributed by atoms with E-state index in [1.807, 2.05) is 42.5 Å². The van der Waals surface area contributed by atoms with Gasteiger partial charge in [-0.25, -0.2) is 0 Å². The van der Waals surface area contributed by atoms with Crippen LogP contribution in [0.25, 0.3) is 0 Å². The molecule has 4 rings (SSSR count). The Morgan fingerprint density at radius 3 is 2.39 bits per heavy atom. The predicted octanol–water partition coefficient (Wildman–Crippen LogP) is 3.63. The van der Waals surface area contributed by atoms with E-state index < -0.39 is 0 Å². The first-order chi connectivity index (χ1) is 15.2. The fourth-order valence-electron chi connectivity index (χ4n) is 2.91. The van der Waals surface area contributed by atoms with Crippen LogP contribution in [0.5, 0.6) is 0 Å². The smallest absolute Gasteiger partial charge is 0.267 e. The number of nitrogens with zero attached hydrogens (tertiary/aromatic N) is 4. The van der Waals surface area contributed by atoms with Crippen molar-refractivity contribution in [1.82, 2.24) is 14.9 Å². The fraction of sp³-hybridized carbons (Fsp3) is 0.0870. The van der Waals surface area contributed by atoms with Gasteiger partial charge in [0.2, 0.25) is 5.91 Å². The number of pyridine rings is 2. The zero-order valence-corrected chi connectivity index (χ0v) is 17.3. The Morgan fingerprint density at radius 1 is 1.00 bits per heavy atom. The molecule has 1 saturated heterocycles. The van der Waals surface area contributed by atoms with E-state index in [0.29, 0.717) is 28.8 Å². The summed E-state index contributed by atoms with van der Waals surface area (Å²) in [7, 11) is 0. The molecule has 1 fully saturated rings. The number of nitrogens with one attached hydrogen (secondary N) is 1. The Hall–Kier alpha value is -3.78. The number of hydrogen-bond donors (Lipinski definition) is 1. The Bertz CT molecular complexity index is 1120. The van der Waals surface area contributed by atoms with Gasteiger partial charge in [-0.2, -0.15) is 0 Å². The molecule has 31 heavy (non-hydrogen) atoms. The summed E-state index contributed by atoms with van der Waals surface area (Å²) in [5.41, 5.74) is 2.47. The first-order valence-corrected chi connectivity index (χ1v) is 10.4. The Labute approximate surface area is 183 Å². The molecule has 2 amide bonds. The first-order valence-electron chi connectivity index (χ1n) is 9.59.